The van der Waals surface area contributed by atoms with Crippen molar-refractivity contribution in [2.75, 3.05) is 56.0 Å². The molecule has 3 heterocycles. The number of methoxy groups -OCH3 is 1. The van der Waals surface area contributed by atoms with E-state index in [2.05, 4.69) is 32.5 Å². The largest absolute Gasteiger partial charge is 0.495 e. The van der Waals surface area contributed by atoms with Gasteiger partial charge in [-0.15, -0.1) is 0 Å². The second kappa shape index (κ2) is 10.3. The molecule has 1 atom stereocenters. The Morgan fingerprint density at radius 3 is 2.67 bits per heavy atom. The van der Waals surface area contributed by atoms with Crippen molar-refractivity contribution in [3.63, 3.8) is 0 Å². The standard InChI is InChI=1S/C26H35N7O3/c1-31-12-10-18(16-31)28-25(35)17-8-9-20(22(14-17)36-3)29-26-27-15-21-24(30-26)33(19-6-4-5-7-19)13-11-23(34)32(21)2/h8-9,14-15,18-19H,4-7,10-13,16H2,1-3H3,(H,28,35)(H,27,29,30)/t18-/m0/s1. The second-order valence-electron chi connectivity index (χ2n) is 10.00. The average Bonchev–Trinajstić information content (AvgIpc) is 3.53. The molecule has 10 nitrogen and oxygen atoms in total. The minimum Gasteiger partial charge on any atom is -0.495 e. The van der Waals surface area contributed by atoms with Crippen molar-refractivity contribution < 1.29 is 14.3 Å². The summed E-state index contributed by atoms with van der Waals surface area (Å²) in [5, 5.41) is 6.37. The summed E-state index contributed by atoms with van der Waals surface area (Å²) in [7, 11) is 5.42. The number of carbonyl (C=O) groups is 2. The Labute approximate surface area is 212 Å². The van der Waals surface area contributed by atoms with E-state index in [1.165, 1.54) is 12.8 Å². The number of likely N-dealkylation sites (tertiary alicyclic amines) is 1. The number of anilines is 4. The number of nitrogens with one attached hydrogen (secondary N) is 2. The molecule has 1 aliphatic carbocycles. The number of benzene rings is 1. The lowest BCUT2D eigenvalue weighted by atomic mass is 10.1. The molecule has 1 aromatic carbocycles. The molecule has 2 amide bonds. The summed E-state index contributed by atoms with van der Waals surface area (Å²) in [6.45, 7) is 2.50. The number of carbonyl (C=O) groups excluding carboxylic acids is 2. The molecule has 2 aromatic rings. The molecule has 1 saturated carbocycles. The number of aromatic nitrogens is 2. The van der Waals surface area contributed by atoms with Crippen LogP contribution in [0.2, 0.25) is 0 Å². The number of likely N-dealkylation sites (N-methyl/N-ethyl adjacent to an activating group) is 1. The van der Waals surface area contributed by atoms with Crippen LogP contribution in [0.15, 0.2) is 24.4 Å². The van der Waals surface area contributed by atoms with Gasteiger partial charge in [0, 0.05) is 44.2 Å². The van der Waals surface area contributed by atoms with Gasteiger partial charge in [0.15, 0.2) is 5.82 Å². The number of hydrogen-bond donors (Lipinski definition) is 2. The summed E-state index contributed by atoms with van der Waals surface area (Å²) in [6.07, 6.45) is 7.74. The van der Waals surface area contributed by atoms with E-state index in [1.807, 2.05) is 6.07 Å². The molecule has 0 spiro atoms. The quantitative estimate of drug-likeness (QED) is 0.633. The van der Waals surface area contributed by atoms with Crippen LogP contribution >= 0.6 is 0 Å². The molecule has 2 aliphatic heterocycles. The van der Waals surface area contributed by atoms with E-state index in [0.29, 0.717) is 42.0 Å². The maximum atomic E-state index is 12.8. The lowest BCUT2D eigenvalue weighted by Crippen LogP contribution is -2.36. The van der Waals surface area contributed by atoms with Crippen LogP contribution < -0.4 is 25.2 Å². The Kier molecular flexibility index (Phi) is 6.95. The SMILES string of the molecule is COc1cc(C(=O)N[C@H]2CCN(C)C2)ccc1Nc1ncc2c(n1)N(C1CCCC1)CCC(=O)N2C. The fourth-order valence-corrected chi connectivity index (χ4v) is 5.45. The number of ether oxygens (including phenoxy) is 1. The predicted molar refractivity (Wildman–Crippen MR) is 139 cm³/mol. The molecule has 1 aromatic heterocycles. The molecule has 36 heavy (non-hydrogen) atoms. The summed E-state index contributed by atoms with van der Waals surface area (Å²) in [4.78, 5) is 40.9. The lowest BCUT2D eigenvalue weighted by Gasteiger charge is -2.30. The number of fused-ring (bicyclic) bond motifs is 1. The Morgan fingerprint density at radius 2 is 1.94 bits per heavy atom. The fourth-order valence-electron chi connectivity index (χ4n) is 5.45. The summed E-state index contributed by atoms with van der Waals surface area (Å²) in [5.74, 6) is 1.69. The summed E-state index contributed by atoms with van der Waals surface area (Å²) in [6, 6.07) is 5.87. The van der Waals surface area contributed by atoms with Gasteiger partial charge in [0.05, 0.1) is 19.0 Å². The van der Waals surface area contributed by atoms with Crippen LogP contribution in [0, 0.1) is 0 Å². The molecule has 2 fully saturated rings. The van der Waals surface area contributed by atoms with Gasteiger partial charge in [0.1, 0.15) is 11.4 Å². The molecule has 3 aliphatic rings. The minimum atomic E-state index is -0.110. The highest BCUT2D eigenvalue weighted by atomic mass is 16.5. The normalized spacial score (nSPS) is 20.9. The first-order valence-corrected chi connectivity index (χ1v) is 12.8. The van der Waals surface area contributed by atoms with Crippen molar-refractivity contribution >= 4 is 35.0 Å². The van der Waals surface area contributed by atoms with Crippen LogP contribution in [0.1, 0.15) is 48.9 Å². The van der Waals surface area contributed by atoms with Crippen LogP contribution in [0.5, 0.6) is 5.75 Å². The van der Waals surface area contributed by atoms with Crippen molar-refractivity contribution in [2.24, 2.45) is 0 Å². The summed E-state index contributed by atoms with van der Waals surface area (Å²) < 4.78 is 5.59. The predicted octanol–water partition coefficient (Wildman–Crippen LogP) is 2.78. The van der Waals surface area contributed by atoms with Crippen LogP contribution in [0.3, 0.4) is 0 Å². The van der Waals surface area contributed by atoms with E-state index >= 15 is 0 Å². The topological polar surface area (TPSA) is 103 Å². The number of nitrogens with zero attached hydrogens (tertiary/aromatic N) is 5. The molecule has 10 heteroatoms. The molecule has 192 valence electrons. The minimum absolute atomic E-state index is 0.0702. The fraction of sp³-hybridized carbons (Fsp3) is 0.538. The van der Waals surface area contributed by atoms with Gasteiger partial charge >= 0.3 is 0 Å². The van der Waals surface area contributed by atoms with Gasteiger partial charge in [0.25, 0.3) is 5.91 Å². The van der Waals surface area contributed by atoms with Gasteiger partial charge < -0.3 is 30.1 Å². The Morgan fingerprint density at radius 1 is 1.14 bits per heavy atom. The molecule has 0 bridgehead atoms. The number of amides is 2. The maximum absolute atomic E-state index is 12.8. The van der Waals surface area contributed by atoms with Gasteiger partial charge in [-0.1, -0.05) is 12.8 Å². The highest BCUT2D eigenvalue weighted by Crippen LogP contribution is 2.37. The molecule has 5 rings (SSSR count). The van der Waals surface area contributed by atoms with E-state index in [1.54, 1.807) is 37.4 Å². The molecule has 2 N–H and O–H groups in total. The molecular formula is C26H35N7O3. The van der Waals surface area contributed by atoms with Gasteiger partial charge in [-0.3, -0.25) is 9.59 Å². The van der Waals surface area contributed by atoms with E-state index in [-0.39, 0.29) is 17.9 Å². The summed E-state index contributed by atoms with van der Waals surface area (Å²) in [5.41, 5.74) is 1.94. The van der Waals surface area contributed by atoms with Crippen molar-refractivity contribution in [1.82, 2.24) is 20.2 Å². The second-order valence-corrected chi connectivity index (χ2v) is 10.00. The maximum Gasteiger partial charge on any atom is 0.251 e. The first-order valence-electron chi connectivity index (χ1n) is 12.8. The third-order valence-corrected chi connectivity index (χ3v) is 7.53. The van der Waals surface area contributed by atoms with Gasteiger partial charge in [0.2, 0.25) is 11.9 Å². The first kappa shape index (κ1) is 24.3. The molecular weight excluding hydrogens is 458 g/mol. The van der Waals surface area contributed by atoms with Crippen molar-refractivity contribution in [2.45, 2.75) is 50.6 Å². The zero-order chi connectivity index (χ0) is 25.2. The third kappa shape index (κ3) is 4.95. The highest BCUT2D eigenvalue weighted by Gasteiger charge is 2.32. The van der Waals surface area contributed by atoms with Crippen molar-refractivity contribution in [1.29, 1.82) is 0 Å². The Hall–Kier alpha value is -3.40. The van der Waals surface area contributed by atoms with Gasteiger partial charge in [-0.2, -0.15) is 4.98 Å². The van der Waals surface area contributed by atoms with Crippen molar-refractivity contribution in [3.05, 3.63) is 30.0 Å². The number of hydrogen-bond acceptors (Lipinski definition) is 8. The highest BCUT2D eigenvalue weighted by molar-refractivity contribution is 5.97. The van der Waals surface area contributed by atoms with Gasteiger partial charge in [-0.25, -0.2) is 4.98 Å². The smallest absolute Gasteiger partial charge is 0.251 e. The van der Waals surface area contributed by atoms with E-state index in [9.17, 15) is 9.59 Å². The number of rotatable bonds is 6. The van der Waals surface area contributed by atoms with Gasteiger partial charge in [-0.05, 0) is 51.1 Å². The van der Waals surface area contributed by atoms with E-state index in [0.717, 1.165) is 43.9 Å². The zero-order valence-electron chi connectivity index (χ0n) is 21.3. The lowest BCUT2D eigenvalue weighted by molar-refractivity contribution is -0.118. The molecule has 0 unspecified atom stereocenters. The van der Waals surface area contributed by atoms with Crippen LogP contribution in [-0.2, 0) is 4.79 Å². The Balaban J connectivity index is 1.38. The first-order chi connectivity index (χ1) is 17.4. The van der Waals surface area contributed by atoms with E-state index < -0.39 is 0 Å². The van der Waals surface area contributed by atoms with Crippen LogP contribution in [0.25, 0.3) is 0 Å². The van der Waals surface area contributed by atoms with E-state index in [4.69, 9.17) is 9.72 Å². The molecule has 1 saturated heterocycles. The monoisotopic (exact) mass is 493 g/mol. The summed E-state index contributed by atoms with van der Waals surface area (Å²) >= 11 is 0. The molecule has 0 radical (unpaired) electrons. The Bertz CT molecular complexity index is 1130. The van der Waals surface area contributed by atoms with Crippen LogP contribution in [-0.4, -0.2) is 79.6 Å². The van der Waals surface area contributed by atoms with Crippen molar-refractivity contribution in [3.8, 4) is 5.75 Å². The average molecular weight is 494 g/mol. The zero-order valence-corrected chi connectivity index (χ0v) is 21.3. The third-order valence-electron chi connectivity index (χ3n) is 7.53. The van der Waals surface area contributed by atoms with Crippen LogP contribution in [0.4, 0.5) is 23.1 Å².